The molecule has 3 nitrogen and oxygen atoms in total. The Morgan fingerprint density at radius 2 is 2.06 bits per heavy atom. The average molecular weight is 247 g/mol. The highest BCUT2D eigenvalue weighted by Crippen LogP contribution is 2.17. The summed E-state index contributed by atoms with van der Waals surface area (Å²) in [5.41, 5.74) is 1.90. The summed E-state index contributed by atoms with van der Waals surface area (Å²) in [6, 6.07) is 9.03. The van der Waals surface area contributed by atoms with E-state index in [1.54, 1.807) is 0 Å². The van der Waals surface area contributed by atoms with Crippen LogP contribution in [-0.4, -0.2) is 25.2 Å². The Kier molecular flexibility index (Phi) is 4.37. The van der Waals surface area contributed by atoms with Crippen molar-refractivity contribution in [1.29, 1.82) is 0 Å². The smallest absolute Gasteiger partial charge is 0.337 e. The van der Waals surface area contributed by atoms with Gasteiger partial charge in [0.1, 0.15) is 0 Å². The quantitative estimate of drug-likeness (QED) is 0.831. The molecule has 1 N–H and O–H groups in total. The van der Waals surface area contributed by atoms with Gasteiger partial charge in [0.25, 0.3) is 0 Å². The predicted octanol–water partition coefficient (Wildman–Crippen LogP) is 2.55. The van der Waals surface area contributed by atoms with Gasteiger partial charge < -0.3 is 10.1 Å². The van der Waals surface area contributed by atoms with Gasteiger partial charge in [0, 0.05) is 12.1 Å². The van der Waals surface area contributed by atoms with E-state index in [0.717, 1.165) is 6.42 Å². The number of carbonyl (C=O) groups is 1. The molecule has 1 aliphatic rings. The van der Waals surface area contributed by atoms with Crippen molar-refractivity contribution in [3.63, 3.8) is 0 Å². The molecule has 98 valence electrons. The number of benzene rings is 1. The number of nitrogens with one attached hydrogen (secondary N) is 1. The molecule has 2 atom stereocenters. The second kappa shape index (κ2) is 6.01. The van der Waals surface area contributed by atoms with Crippen LogP contribution in [0.1, 0.15) is 42.1 Å². The van der Waals surface area contributed by atoms with Crippen LogP contribution in [0, 0.1) is 0 Å². The van der Waals surface area contributed by atoms with Crippen LogP contribution in [0.25, 0.3) is 0 Å². The predicted molar refractivity (Wildman–Crippen MR) is 71.7 cm³/mol. The van der Waals surface area contributed by atoms with Crippen LogP contribution < -0.4 is 5.32 Å². The average Bonchev–Trinajstić information content (AvgIpc) is 2.82. The molecule has 0 unspecified atom stereocenters. The fourth-order valence-corrected chi connectivity index (χ4v) is 2.51. The van der Waals surface area contributed by atoms with E-state index in [2.05, 4.69) is 17.0 Å². The lowest BCUT2D eigenvalue weighted by Crippen LogP contribution is -2.27. The summed E-state index contributed by atoms with van der Waals surface area (Å²) < 4.78 is 4.68. The molecule has 0 bridgehead atoms. The fraction of sp³-hybridized carbons (Fsp3) is 0.533. The molecule has 1 aromatic carbocycles. The summed E-state index contributed by atoms with van der Waals surface area (Å²) in [7, 11) is 1.41. The lowest BCUT2D eigenvalue weighted by atomic mass is 10.0. The lowest BCUT2D eigenvalue weighted by molar-refractivity contribution is 0.0600. The number of methoxy groups -OCH3 is 1. The molecular formula is C15H21NO2. The molecule has 1 aliphatic heterocycles. The summed E-state index contributed by atoms with van der Waals surface area (Å²) in [6.07, 6.45) is 4.79. The van der Waals surface area contributed by atoms with Gasteiger partial charge >= 0.3 is 5.97 Å². The van der Waals surface area contributed by atoms with Crippen LogP contribution in [0.4, 0.5) is 0 Å². The van der Waals surface area contributed by atoms with E-state index in [1.165, 1.54) is 31.9 Å². The Morgan fingerprint density at radius 1 is 1.33 bits per heavy atom. The highest BCUT2D eigenvalue weighted by molar-refractivity contribution is 5.89. The third-order valence-corrected chi connectivity index (χ3v) is 3.62. The van der Waals surface area contributed by atoms with Crippen LogP contribution in [-0.2, 0) is 11.2 Å². The summed E-state index contributed by atoms with van der Waals surface area (Å²) in [6.45, 7) is 2.24. The lowest BCUT2D eigenvalue weighted by Gasteiger charge is -2.11. The SMILES string of the molecule is COC(=O)c1ccc(CC[C@H]2CC[C@@H](C)N2)cc1. The Morgan fingerprint density at radius 3 is 2.61 bits per heavy atom. The fourth-order valence-electron chi connectivity index (χ4n) is 2.51. The first-order valence-corrected chi connectivity index (χ1v) is 6.62. The van der Waals surface area contributed by atoms with E-state index in [0.29, 0.717) is 17.6 Å². The number of carbonyl (C=O) groups excluding carboxylic acids is 1. The Labute approximate surface area is 109 Å². The first kappa shape index (κ1) is 13.1. The van der Waals surface area contributed by atoms with Crippen molar-refractivity contribution < 1.29 is 9.53 Å². The van der Waals surface area contributed by atoms with Gasteiger partial charge in [-0.2, -0.15) is 0 Å². The van der Waals surface area contributed by atoms with Crippen LogP contribution >= 0.6 is 0 Å². The summed E-state index contributed by atoms with van der Waals surface area (Å²) in [5.74, 6) is -0.271. The highest BCUT2D eigenvalue weighted by Gasteiger charge is 2.19. The molecule has 0 saturated carbocycles. The minimum atomic E-state index is -0.271. The third kappa shape index (κ3) is 3.33. The molecule has 0 aromatic heterocycles. The topological polar surface area (TPSA) is 38.3 Å². The zero-order chi connectivity index (χ0) is 13.0. The normalized spacial score (nSPS) is 23.0. The molecular weight excluding hydrogens is 226 g/mol. The molecule has 2 rings (SSSR count). The Balaban J connectivity index is 1.85. The summed E-state index contributed by atoms with van der Waals surface area (Å²) >= 11 is 0. The first-order chi connectivity index (χ1) is 8.69. The highest BCUT2D eigenvalue weighted by atomic mass is 16.5. The van der Waals surface area contributed by atoms with Crippen molar-refractivity contribution >= 4 is 5.97 Å². The number of ether oxygens (including phenoxy) is 1. The molecule has 1 heterocycles. The van der Waals surface area contributed by atoms with Crippen molar-refractivity contribution in [3.8, 4) is 0 Å². The van der Waals surface area contributed by atoms with E-state index in [4.69, 9.17) is 0 Å². The van der Waals surface area contributed by atoms with Crippen LogP contribution in [0.2, 0.25) is 0 Å². The molecule has 0 amide bonds. The van der Waals surface area contributed by atoms with Crippen molar-refractivity contribution in [1.82, 2.24) is 5.32 Å². The maximum atomic E-state index is 11.3. The number of rotatable bonds is 4. The zero-order valence-corrected chi connectivity index (χ0v) is 11.1. The minimum Gasteiger partial charge on any atom is -0.465 e. The van der Waals surface area contributed by atoms with Crippen molar-refractivity contribution in [3.05, 3.63) is 35.4 Å². The third-order valence-electron chi connectivity index (χ3n) is 3.62. The molecule has 1 fully saturated rings. The first-order valence-electron chi connectivity index (χ1n) is 6.62. The maximum absolute atomic E-state index is 11.3. The van der Waals surface area contributed by atoms with E-state index in [9.17, 15) is 4.79 Å². The van der Waals surface area contributed by atoms with Gasteiger partial charge in [-0.1, -0.05) is 12.1 Å². The Hall–Kier alpha value is -1.35. The van der Waals surface area contributed by atoms with Crippen molar-refractivity contribution in [2.45, 2.75) is 44.7 Å². The zero-order valence-electron chi connectivity index (χ0n) is 11.1. The van der Waals surface area contributed by atoms with Gasteiger partial charge in [-0.25, -0.2) is 4.79 Å². The standard InChI is InChI=1S/C15H21NO2/c1-11-3-9-14(16-11)10-6-12-4-7-13(8-5-12)15(17)18-2/h4-5,7-8,11,14,16H,3,6,9-10H2,1-2H3/t11-,14-/m1/s1. The second-order valence-corrected chi connectivity index (χ2v) is 5.07. The summed E-state index contributed by atoms with van der Waals surface area (Å²) in [5, 5.41) is 3.59. The van der Waals surface area contributed by atoms with Gasteiger partial charge in [-0.15, -0.1) is 0 Å². The van der Waals surface area contributed by atoms with Crippen LogP contribution in [0.3, 0.4) is 0 Å². The molecule has 0 aliphatic carbocycles. The molecule has 3 heteroatoms. The van der Waals surface area contributed by atoms with Gasteiger partial charge in [-0.3, -0.25) is 0 Å². The number of aryl methyl sites for hydroxylation is 1. The van der Waals surface area contributed by atoms with E-state index in [1.807, 2.05) is 24.3 Å². The maximum Gasteiger partial charge on any atom is 0.337 e. The van der Waals surface area contributed by atoms with E-state index < -0.39 is 0 Å². The monoisotopic (exact) mass is 247 g/mol. The van der Waals surface area contributed by atoms with Gasteiger partial charge in [-0.05, 0) is 50.3 Å². The second-order valence-electron chi connectivity index (χ2n) is 5.07. The van der Waals surface area contributed by atoms with Crippen LogP contribution in [0.5, 0.6) is 0 Å². The number of hydrogen-bond acceptors (Lipinski definition) is 3. The molecule has 0 spiro atoms. The minimum absolute atomic E-state index is 0.271. The van der Waals surface area contributed by atoms with Crippen molar-refractivity contribution in [2.24, 2.45) is 0 Å². The number of hydrogen-bond donors (Lipinski definition) is 1. The number of esters is 1. The molecule has 1 aromatic rings. The van der Waals surface area contributed by atoms with Gasteiger partial charge in [0.05, 0.1) is 12.7 Å². The molecule has 18 heavy (non-hydrogen) atoms. The van der Waals surface area contributed by atoms with Gasteiger partial charge in [0.15, 0.2) is 0 Å². The molecule has 0 radical (unpaired) electrons. The van der Waals surface area contributed by atoms with Crippen LogP contribution in [0.15, 0.2) is 24.3 Å². The van der Waals surface area contributed by atoms with Crippen molar-refractivity contribution in [2.75, 3.05) is 7.11 Å². The van der Waals surface area contributed by atoms with Gasteiger partial charge in [0.2, 0.25) is 0 Å². The summed E-state index contributed by atoms with van der Waals surface area (Å²) in [4.78, 5) is 11.3. The largest absolute Gasteiger partial charge is 0.465 e. The van der Waals surface area contributed by atoms with E-state index >= 15 is 0 Å². The van der Waals surface area contributed by atoms with E-state index in [-0.39, 0.29) is 5.97 Å². The Bertz CT molecular complexity index is 399. The molecule has 1 saturated heterocycles.